The van der Waals surface area contributed by atoms with Gasteiger partial charge in [-0.1, -0.05) is 10.0 Å². The first-order chi connectivity index (χ1) is 3.79. The summed E-state index contributed by atoms with van der Waals surface area (Å²) in [6, 6.07) is 7.94. The van der Waals surface area contributed by atoms with E-state index in [0.717, 1.165) is 0 Å². The molecule has 0 unspecified atom stereocenters. The molecule has 0 bridgehead atoms. The van der Waals surface area contributed by atoms with Crippen molar-refractivity contribution < 1.29 is 29.6 Å². The van der Waals surface area contributed by atoms with Gasteiger partial charge in [0.25, 0.3) is 0 Å². The SMILES string of the molecule is Clc1[c-]c(Cl)ccc1.[Na+]. The molecule has 0 aliphatic heterocycles. The monoisotopic (exact) mass is 168 g/mol. The van der Waals surface area contributed by atoms with Crippen LogP contribution in [0, 0.1) is 6.07 Å². The molecule has 1 aromatic carbocycles. The molecule has 3 heteroatoms. The fourth-order valence-electron chi connectivity index (χ4n) is 0.414. The zero-order chi connectivity index (χ0) is 5.98. The molecule has 1 rings (SSSR count). The topological polar surface area (TPSA) is 0 Å². The summed E-state index contributed by atoms with van der Waals surface area (Å²) in [7, 11) is 0. The molecule has 0 aliphatic rings. The summed E-state index contributed by atoms with van der Waals surface area (Å²) in [6.45, 7) is 0. The van der Waals surface area contributed by atoms with Crippen molar-refractivity contribution in [2.45, 2.75) is 0 Å². The van der Waals surface area contributed by atoms with Gasteiger partial charge >= 0.3 is 29.6 Å². The van der Waals surface area contributed by atoms with Crippen LogP contribution in [0.4, 0.5) is 0 Å². The van der Waals surface area contributed by atoms with Crippen molar-refractivity contribution >= 4 is 23.2 Å². The van der Waals surface area contributed by atoms with E-state index in [1.807, 2.05) is 0 Å². The van der Waals surface area contributed by atoms with Gasteiger partial charge in [-0.15, -0.1) is 29.3 Å². The summed E-state index contributed by atoms with van der Waals surface area (Å²) >= 11 is 11.0. The quantitative estimate of drug-likeness (QED) is 0.372. The Bertz CT molecular complexity index is 171. The second-order valence-corrected chi connectivity index (χ2v) is 2.16. The van der Waals surface area contributed by atoms with Gasteiger partial charge < -0.3 is 0 Å². The second-order valence-electron chi connectivity index (χ2n) is 1.35. The maximum Gasteiger partial charge on any atom is 1.00 e. The molecule has 0 saturated carbocycles. The van der Waals surface area contributed by atoms with Gasteiger partial charge in [-0.2, -0.15) is 18.2 Å². The minimum Gasteiger partial charge on any atom is -0.170 e. The summed E-state index contributed by atoms with van der Waals surface area (Å²) in [5, 5.41) is 1.11. The smallest absolute Gasteiger partial charge is 0.170 e. The molecule has 0 saturated heterocycles. The Morgan fingerprint density at radius 1 is 1.11 bits per heavy atom. The van der Waals surface area contributed by atoms with E-state index in [1.165, 1.54) is 0 Å². The van der Waals surface area contributed by atoms with E-state index in [9.17, 15) is 0 Å². The summed E-state index contributed by atoms with van der Waals surface area (Å²) in [5.74, 6) is 0. The van der Waals surface area contributed by atoms with Crippen LogP contribution in [0.1, 0.15) is 0 Å². The molecule has 42 valence electrons. The van der Waals surface area contributed by atoms with Crippen LogP contribution >= 0.6 is 23.2 Å². The first kappa shape index (κ1) is 9.80. The van der Waals surface area contributed by atoms with Gasteiger partial charge in [0.2, 0.25) is 0 Å². The molecule has 0 spiro atoms. The zero-order valence-electron chi connectivity index (χ0n) is 4.99. The number of halogens is 2. The molecule has 0 aromatic heterocycles. The van der Waals surface area contributed by atoms with Crippen LogP contribution in [-0.4, -0.2) is 0 Å². The van der Waals surface area contributed by atoms with Gasteiger partial charge in [-0.3, -0.25) is 0 Å². The third-order valence-corrected chi connectivity index (χ3v) is 1.16. The molecule has 1 aromatic rings. The van der Waals surface area contributed by atoms with Gasteiger partial charge in [0.15, 0.2) is 0 Å². The number of benzene rings is 1. The van der Waals surface area contributed by atoms with Crippen LogP contribution in [0.15, 0.2) is 18.2 Å². The zero-order valence-corrected chi connectivity index (χ0v) is 8.50. The van der Waals surface area contributed by atoms with Crippen LogP contribution in [0.3, 0.4) is 0 Å². The Hall–Kier alpha value is 0.800. The van der Waals surface area contributed by atoms with Crippen molar-refractivity contribution in [3.05, 3.63) is 34.3 Å². The molecule has 0 radical (unpaired) electrons. The van der Waals surface area contributed by atoms with E-state index >= 15 is 0 Å². The molecule has 0 aliphatic carbocycles. The molecule has 0 amide bonds. The fourth-order valence-corrected chi connectivity index (χ4v) is 0.812. The standard InChI is InChI=1S/C6H3Cl2.Na/c7-5-2-1-3-6(8)4-5;/h1-3H;/q-1;+1. The Kier molecular flexibility index (Phi) is 5.00. The van der Waals surface area contributed by atoms with Crippen LogP contribution in [-0.2, 0) is 0 Å². The van der Waals surface area contributed by atoms with E-state index in [-0.39, 0.29) is 29.6 Å². The number of rotatable bonds is 0. The molecule has 0 nitrogen and oxygen atoms in total. The third kappa shape index (κ3) is 3.49. The first-order valence-electron chi connectivity index (χ1n) is 2.12. The Labute approximate surface area is 86.5 Å². The molecule has 9 heavy (non-hydrogen) atoms. The van der Waals surface area contributed by atoms with Crippen molar-refractivity contribution in [1.29, 1.82) is 0 Å². The van der Waals surface area contributed by atoms with Crippen molar-refractivity contribution in [3.8, 4) is 0 Å². The van der Waals surface area contributed by atoms with E-state index in [2.05, 4.69) is 6.07 Å². The molecular formula is C6H3Cl2Na. The number of hydrogen-bond acceptors (Lipinski definition) is 0. The summed E-state index contributed by atoms with van der Waals surface area (Å²) in [6.07, 6.45) is 0. The first-order valence-corrected chi connectivity index (χ1v) is 2.88. The predicted octanol–water partition coefficient (Wildman–Crippen LogP) is -0.202. The minimum atomic E-state index is 0. The van der Waals surface area contributed by atoms with Gasteiger partial charge in [-0.25, -0.2) is 0 Å². The summed E-state index contributed by atoms with van der Waals surface area (Å²) in [5.41, 5.74) is 0. The molecule has 0 heterocycles. The van der Waals surface area contributed by atoms with Crippen molar-refractivity contribution in [2.24, 2.45) is 0 Å². The van der Waals surface area contributed by atoms with E-state index in [4.69, 9.17) is 23.2 Å². The van der Waals surface area contributed by atoms with E-state index in [1.54, 1.807) is 18.2 Å². The predicted molar refractivity (Wildman–Crippen MR) is 35.3 cm³/mol. The maximum atomic E-state index is 5.50. The Morgan fingerprint density at radius 2 is 1.56 bits per heavy atom. The van der Waals surface area contributed by atoms with Gasteiger partial charge in [0.05, 0.1) is 0 Å². The Morgan fingerprint density at radius 3 is 1.78 bits per heavy atom. The van der Waals surface area contributed by atoms with Gasteiger partial charge in [0, 0.05) is 0 Å². The van der Waals surface area contributed by atoms with Gasteiger partial charge in [-0.05, 0) is 0 Å². The largest absolute Gasteiger partial charge is 1.00 e. The molecule has 0 N–H and O–H groups in total. The molecule has 0 fully saturated rings. The fraction of sp³-hybridized carbons (Fsp3) is 0. The normalized spacial score (nSPS) is 8.22. The Balaban J connectivity index is 0.000000640. The average Bonchev–Trinajstić information content (AvgIpc) is 1.64. The van der Waals surface area contributed by atoms with Gasteiger partial charge in [0.1, 0.15) is 0 Å². The summed E-state index contributed by atoms with van der Waals surface area (Å²) in [4.78, 5) is 0. The van der Waals surface area contributed by atoms with Crippen LogP contribution in [0.2, 0.25) is 10.0 Å². The van der Waals surface area contributed by atoms with E-state index in [0.29, 0.717) is 10.0 Å². The van der Waals surface area contributed by atoms with Crippen LogP contribution in [0.25, 0.3) is 0 Å². The number of hydrogen-bond donors (Lipinski definition) is 0. The maximum absolute atomic E-state index is 5.50. The van der Waals surface area contributed by atoms with Crippen molar-refractivity contribution in [2.75, 3.05) is 0 Å². The van der Waals surface area contributed by atoms with Crippen LogP contribution in [0.5, 0.6) is 0 Å². The van der Waals surface area contributed by atoms with Crippen molar-refractivity contribution in [3.63, 3.8) is 0 Å². The third-order valence-electron chi connectivity index (χ3n) is 0.724. The average molecular weight is 169 g/mol. The second kappa shape index (κ2) is 4.59. The van der Waals surface area contributed by atoms with E-state index < -0.39 is 0 Å². The summed E-state index contributed by atoms with van der Waals surface area (Å²) < 4.78 is 0. The molecule has 0 atom stereocenters. The van der Waals surface area contributed by atoms with Crippen LogP contribution < -0.4 is 29.6 Å². The van der Waals surface area contributed by atoms with Crippen molar-refractivity contribution in [1.82, 2.24) is 0 Å². The molecular weight excluding hydrogens is 166 g/mol. The minimum absolute atomic E-state index is 0.